The molecular weight excluding hydrogens is 221 g/mol. The predicted octanol–water partition coefficient (Wildman–Crippen LogP) is 1.70. The van der Waals surface area contributed by atoms with Crippen molar-refractivity contribution in [1.82, 2.24) is 9.78 Å². The van der Waals surface area contributed by atoms with Gasteiger partial charge in [0, 0.05) is 19.8 Å². The maximum absolute atomic E-state index is 12.9. The van der Waals surface area contributed by atoms with Gasteiger partial charge in [-0.05, 0) is 17.7 Å². The van der Waals surface area contributed by atoms with E-state index < -0.39 is 6.10 Å². The summed E-state index contributed by atoms with van der Waals surface area (Å²) in [5.74, 6) is -0.345. The first-order valence-electron chi connectivity index (χ1n) is 5.31. The lowest BCUT2D eigenvalue weighted by Crippen LogP contribution is -2.11. The van der Waals surface area contributed by atoms with Crippen LogP contribution in [0.1, 0.15) is 11.7 Å². The van der Waals surface area contributed by atoms with Crippen LogP contribution in [0.2, 0.25) is 0 Å². The largest absolute Gasteiger partial charge is 0.387 e. The second-order valence-corrected chi connectivity index (χ2v) is 3.85. The number of halogens is 1. The van der Waals surface area contributed by atoms with Crippen molar-refractivity contribution in [2.45, 2.75) is 6.10 Å². The summed E-state index contributed by atoms with van der Waals surface area (Å²) in [4.78, 5) is 0. The van der Waals surface area contributed by atoms with Crippen molar-refractivity contribution >= 4 is 5.69 Å². The highest BCUT2D eigenvalue weighted by atomic mass is 19.1. The Balaban J connectivity index is 1.95. The Hall–Kier alpha value is -1.88. The lowest BCUT2D eigenvalue weighted by molar-refractivity contribution is 0.191. The predicted molar refractivity (Wildman–Crippen MR) is 63.1 cm³/mol. The van der Waals surface area contributed by atoms with E-state index in [1.54, 1.807) is 29.2 Å². The van der Waals surface area contributed by atoms with E-state index in [2.05, 4.69) is 10.4 Å². The highest BCUT2D eigenvalue weighted by Gasteiger charge is 2.08. The van der Waals surface area contributed by atoms with Crippen molar-refractivity contribution in [2.24, 2.45) is 7.05 Å². The molecule has 17 heavy (non-hydrogen) atoms. The van der Waals surface area contributed by atoms with Crippen LogP contribution < -0.4 is 5.32 Å². The molecule has 0 bridgehead atoms. The Morgan fingerprint density at radius 1 is 1.53 bits per heavy atom. The Bertz CT molecular complexity index is 498. The molecule has 1 aromatic carbocycles. The molecule has 2 N–H and O–H groups in total. The summed E-state index contributed by atoms with van der Waals surface area (Å²) < 4.78 is 14.6. The third-order valence-electron chi connectivity index (χ3n) is 2.44. The molecule has 0 aliphatic carbocycles. The van der Waals surface area contributed by atoms with Gasteiger partial charge >= 0.3 is 0 Å². The lowest BCUT2D eigenvalue weighted by Gasteiger charge is -2.11. The van der Waals surface area contributed by atoms with Crippen molar-refractivity contribution < 1.29 is 9.50 Å². The van der Waals surface area contributed by atoms with Crippen LogP contribution in [-0.4, -0.2) is 21.4 Å². The molecule has 1 unspecified atom stereocenters. The van der Waals surface area contributed by atoms with E-state index in [0.717, 1.165) is 5.69 Å². The molecule has 0 aliphatic rings. The van der Waals surface area contributed by atoms with Gasteiger partial charge in [0.25, 0.3) is 0 Å². The van der Waals surface area contributed by atoms with E-state index in [0.29, 0.717) is 12.1 Å². The van der Waals surface area contributed by atoms with Gasteiger partial charge in [-0.1, -0.05) is 12.1 Å². The summed E-state index contributed by atoms with van der Waals surface area (Å²) in [6, 6.07) is 5.96. The Kier molecular flexibility index (Phi) is 3.39. The topological polar surface area (TPSA) is 50.1 Å². The van der Waals surface area contributed by atoms with Crippen LogP contribution >= 0.6 is 0 Å². The van der Waals surface area contributed by atoms with Gasteiger partial charge in [0.15, 0.2) is 0 Å². The third kappa shape index (κ3) is 3.04. The number of aliphatic hydroxyl groups is 1. The minimum Gasteiger partial charge on any atom is -0.387 e. The molecular formula is C12H14FN3O. The molecule has 0 amide bonds. The molecule has 0 saturated carbocycles. The first-order chi connectivity index (χ1) is 8.15. The van der Waals surface area contributed by atoms with Gasteiger partial charge in [0.2, 0.25) is 0 Å². The zero-order valence-electron chi connectivity index (χ0n) is 9.47. The van der Waals surface area contributed by atoms with E-state index in [9.17, 15) is 9.50 Å². The van der Waals surface area contributed by atoms with Crippen molar-refractivity contribution in [2.75, 3.05) is 11.9 Å². The van der Waals surface area contributed by atoms with Gasteiger partial charge in [0.05, 0.1) is 18.0 Å². The number of aryl methyl sites for hydroxylation is 1. The SMILES string of the molecule is Cn1cc(NCC(O)c2cccc(F)c2)cn1. The molecule has 0 fully saturated rings. The number of rotatable bonds is 4. The highest BCUT2D eigenvalue weighted by Crippen LogP contribution is 2.15. The highest BCUT2D eigenvalue weighted by molar-refractivity contribution is 5.38. The fourth-order valence-corrected chi connectivity index (χ4v) is 1.56. The number of hydrogen-bond donors (Lipinski definition) is 2. The number of nitrogens with zero attached hydrogens (tertiary/aromatic N) is 2. The van der Waals surface area contributed by atoms with Crippen molar-refractivity contribution in [3.8, 4) is 0 Å². The minimum absolute atomic E-state index is 0.315. The number of aromatic nitrogens is 2. The van der Waals surface area contributed by atoms with Crippen molar-refractivity contribution in [3.05, 3.63) is 48.0 Å². The fourth-order valence-electron chi connectivity index (χ4n) is 1.56. The number of aliphatic hydroxyl groups excluding tert-OH is 1. The number of nitrogens with one attached hydrogen (secondary N) is 1. The molecule has 0 spiro atoms. The quantitative estimate of drug-likeness (QED) is 0.848. The number of anilines is 1. The Morgan fingerprint density at radius 3 is 3.00 bits per heavy atom. The second kappa shape index (κ2) is 4.97. The summed E-state index contributed by atoms with van der Waals surface area (Å²) in [6.45, 7) is 0.315. The van der Waals surface area contributed by atoms with Gasteiger partial charge in [-0.25, -0.2) is 4.39 Å². The minimum atomic E-state index is -0.745. The molecule has 1 aromatic heterocycles. The molecule has 4 nitrogen and oxygen atoms in total. The monoisotopic (exact) mass is 235 g/mol. The van der Waals surface area contributed by atoms with Gasteiger partial charge in [-0.15, -0.1) is 0 Å². The van der Waals surface area contributed by atoms with Gasteiger partial charge in [-0.3, -0.25) is 4.68 Å². The fraction of sp³-hybridized carbons (Fsp3) is 0.250. The van der Waals surface area contributed by atoms with E-state index in [4.69, 9.17) is 0 Å². The van der Waals surface area contributed by atoms with Crippen LogP contribution in [0.3, 0.4) is 0 Å². The third-order valence-corrected chi connectivity index (χ3v) is 2.44. The van der Waals surface area contributed by atoms with Gasteiger partial charge < -0.3 is 10.4 Å². The Morgan fingerprint density at radius 2 is 2.35 bits per heavy atom. The van der Waals surface area contributed by atoms with Crippen LogP contribution in [0, 0.1) is 5.82 Å². The van der Waals surface area contributed by atoms with E-state index >= 15 is 0 Å². The molecule has 0 saturated heterocycles. The molecule has 2 rings (SSSR count). The van der Waals surface area contributed by atoms with E-state index in [-0.39, 0.29) is 5.82 Å². The first kappa shape index (κ1) is 11.6. The molecule has 0 radical (unpaired) electrons. The summed E-state index contributed by atoms with van der Waals surface area (Å²) in [7, 11) is 1.81. The van der Waals surface area contributed by atoms with Gasteiger partial charge in [-0.2, -0.15) is 5.10 Å². The average Bonchev–Trinajstić information content (AvgIpc) is 2.72. The van der Waals surface area contributed by atoms with Crippen LogP contribution in [0.25, 0.3) is 0 Å². The van der Waals surface area contributed by atoms with E-state index in [1.165, 1.54) is 12.1 Å². The molecule has 1 atom stereocenters. The van der Waals surface area contributed by atoms with Crippen LogP contribution in [0.15, 0.2) is 36.7 Å². The van der Waals surface area contributed by atoms with Crippen molar-refractivity contribution in [1.29, 1.82) is 0 Å². The Labute approximate surface area is 98.7 Å². The maximum Gasteiger partial charge on any atom is 0.123 e. The lowest BCUT2D eigenvalue weighted by atomic mass is 10.1. The summed E-state index contributed by atoms with van der Waals surface area (Å²) in [5, 5.41) is 16.9. The first-order valence-corrected chi connectivity index (χ1v) is 5.31. The van der Waals surface area contributed by atoms with Crippen molar-refractivity contribution in [3.63, 3.8) is 0 Å². The number of hydrogen-bond acceptors (Lipinski definition) is 3. The van der Waals surface area contributed by atoms with Crippen LogP contribution in [0.5, 0.6) is 0 Å². The zero-order valence-corrected chi connectivity index (χ0v) is 9.47. The smallest absolute Gasteiger partial charge is 0.123 e. The standard InChI is InChI=1S/C12H14FN3O/c1-16-8-11(6-15-16)14-7-12(17)9-3-2-4-10(13)5-9/h2-6,8,12,14,17H,7H2,1H3. The second-order valence-electron chi connectivity index (χ2n) is 3.85. The molecule has 1 heterocycles. The van der Waals surface area contributed by atoms with Crippen LogP contribution in [-0.2, 0) is 7.05 Å². The molecule has 0 aliphatic heterocycles. The summed E-state index contributed by atoms with van der Waals surface area (Å²) >= 11 is 0. The summed E-state index contributed by atoms with van der Waals surface area (Å²) in [6.07, 6.45) is 2.72. The normalized spacial score (nSPS) is 12.4. The zero-order chi connectivity index (χ0) is 12.3. The van der Waals surface area contributed by atoms with Crippen LogP contribution in [0.4, 0.5) is 10.1 Å². The molecule has 5 heteroatoms. The maximum atomic E-state index is 12.9. The average molecular weight is 235 g/mol. The molecule has 90 valence electrons. The van der Waals surface area contributed by atoms with Gasteiger partial charge in [0.1, 0.15) is 5.82 Å². The number of benzene rings is 1. The molecule has 2 aromatic rings. The summed E-state index contributed by atoms with van der Waals surface area (Å²) in [5.41, 5.74) is 1.38. The van der Waals surface area contributed by atoms with E-state index in [1.807, 2.05) is 7.05 Å².